The lowest BCUT2D eigenvalue weighted by atomic mass is 9.92. The highest BCUT2D eigenvalue weighted by molar-refractivity contribution is 5.96. The molecule has 4 nitrogen and oxygen atoms in total. The van der Waals surface area contributed by atoms with E-state index in [1.54, 1.807) is 7.11 Å². The summed E-state index contributed by atoms with van der Waals surface area (Å²) in [5.41, 5.74) is 5.94. The molecule has 2 unspecified atom stereocenters. The quantitative estimate of drug-likeness (QED) is 0.442. The first-order valence-electron chi connectivity index (χ1n) is 11.1. The van der Waals surface area contributed by atoms with Crippen LogP contribution in [-0.2, 0) is 0 Å². The van der Waals surface area contributed by atoms with Crippen LogP contribution >= 0.6 is 0 Å². The Morgan fingerprint density at radius 3 is 2.61 bits per heavy atom. The van der Waals surface area contributed by atoms with E-state index in [2.05, 4.69) is 70.5 Å². The molecular formula is C27H29N3O. The van der Waals surface area contributed by atoms with Gasteiger partial charge in [-0.1, -0.05) is 30.3 Å². The van der Waals surface area contributed by atoms with Crippen LogP contribution in [-0.4, -0.2) is 29.8 Å². The fraction of sp³-hybridized carbons (Fsp3) is 0.296. The number of hydrogen-bond acceptors (Lipinski definition) is 3. The standard InChI is InChI=1S/C27H29N3O/c1-19(21-6-5-13-28-15-21)30-18-26(25-7-3-4-8-27(25)30)23-14-22(16-29-17-23)20-9-11-24(31-2)12-10-20/h3-4,7-12,14,16-19,21,28H,5-6,13,15H2,1-2H3. The van der Waals surface area contributed by atoms with Crippen molar-refractivity contribution in [2.75, 3.05) is 20.2 Å². The highest BCUT2D eigenvalue weighted by Gasteiger charge is 2.23. The molecule has 4 aromatic rings. The largest absolute Gasteiger partial charge is 0.497 e. The van der Waals surface area contributed by atoms with Crippen molar-refractivity contribution >= 4 is 10.9 Å². The molecule has 0 amide bonds. The second kappa shape index (κ2) is 8.56. The number of piperidine rings is 1. The predicted molar refractivity (Wildman–Crippen MR) is 127 cm³/mol. The molecule has 2 aromatic heterocycles. The third-order valence-electron chi connectivity index (χ3n) is 6.67. The van der Waals surface area contributed by atoms with Gasteiger partial charge >= 0.3 is 0 Å². The van der Waals surface area contributed by atoms with Crippen molar-refractivity contribution in [1.82, 2.24) is 14.9 Å². The van der Waals surface area contributed by atoms with Crippen LogP contribution < -0.4 is 10.1 Å². The Balaban J connectivity index is 1.56. The van der Waals surface area contributed by atoms with Gasteiger partial charge in [-0.3, -0.25) is 4.98 Å². The summed E-state index contributed by atoms with van der Waals surface area (Å²) in [6, 6.07) is 19.6. The Morgan fingerprint density at radius 1 is 1.03 bits per heavy atom. The Labute approximate surface area is 183 Å². The van der Waals surface area contributed by atoms with Crippen LogP contribution in [0.15, 0.2) is 73.2 Å². The molecule has 0 bridgehead atoms. The molecule has 2 atom stereocenters. The first-order valence-corrected chi connectivity index (χ1v) is 11.1. The van der Waals surface area contributed by atoms with E-state index in [-0.39, 0.29) is 0 Å². The summed E-state index contributed by atoms with van der Waals surface area (Å²) in [6.07, 6.45) is 8.78. The lowest BCUT2D eigenvalue weighted by molar-refractivity contribution is 0.284. The van der Waals surface area contributed by atoms with Crippen molar-refractivity contribution in [3.8, 4) is 28.0 Å². The molecule has 31 heavy (non-hydrogen) atoms. The molecule has 1 aliphatic heterocycles. The topological polar surface area (TPSA) is 39.1 Å². The normalized spacial score (nSPS) is 17.5. The maximum absolute atomic E-state index is 5.30. The van der Waals surface area contributed by atoms with Crippen LogP contribution in [0.2, 0.25) is 0 Å². The molecule has 0 saturated carbocycles. The number of nitrogens with one attached hydrogen (secondary N) is 1. The molecule has 1 saturated heterocycles. The minimum Gasteiger partial charge on any atom is -0.497 e. The third kappa shape index (κ3) is 3.84. The fourth-order valence-corrected chi connectivity index (χ4v) is 4.82. The van der Waals surface area contributed by atoms with E-state index in [4.69, 9.17) is 4.74 Å². The van der Waals surface area contributed by atoms with Crippen LogP contribution in [0, 0.1) is 5.92 Å². The van der Waals surface area contributed by atoms with Crippen molar-refractivity contribution in [3.05, 3.63) is 73.2 Å². The van der Waals surface area contributed by atoms with Crippen LogP contribution in [0.25, 0.3) is 33.2 Å². The van der Waals surface area contributed by atoms with Crippen LogP contribution in [0.5, 0.6) is 5.75 Å². The summed E-state index contributed by atoms with van der Waals surface area (Å²) in [7, 11) is 1.69. The summed E-state index contributed by atoms with van der Waals surface area (Å²) in [5.74, 6) is 1.52. The Bertz CT molecular complexity index is 1170. The second-order valence-corrected chi connectivity index (χ2v) is 8.51. The van der Waals surface area contributed by atoms with Crippen molar-refractivity contribution in [2.45, 2.75) is 25.8 Å². The zero-order chi connectivity index (χ0) is 21.2. The first-order chi connectivity index (χ1) is 15.2. The molecule has 0 aliphatic carbocycles. The van der Waals surface area contributed by atoms with Gasteiger partial charge in [0.15, 0.2) is 0 Å². The number of nitrogens with zero attached hydrogens (tertiary/aromatic N) is 2. The van der Waals surface area contributed by atoms with E-state index in [9.17, 15) is 0 Å². The summed E-state index contributed by atoms with van der Waals surface area (Å²) < 4.78 is 7.77. The predicted octanol–water partition coefficient (Wildman–Crippen LogP) is 5.94. The number of benzene rings is 2. The number of methoxy groups -OCH3 is 1. The van der Waals surface area contributed by atoms with Crippen LogP contribution in [0.3, 0.4) is 0 Å². The van der Waals surface area contributed by atoms with Crippen molar-refractivity contribution < 1.29 is 4.74 Å². The van der Waals surface area contributed by atoms with E-state index in [1.165, 1.54) is 29.3 Å². The number of aromatic nitrogens is 2. The van der Waals surface area contributed by atoms with Crippen molar-refractivity contribution in [3.63, 3.8) is 0 Å². The zero-order valence-corrected chi connectivity index (χ0v) is 18.2. The van der Waals surface area contributed by atoms with Gasteiger partial charge in [-0.05, 0) is 68.6 Å². The van der Waals surface area contributed by atoms with Gasteiger partial charge in [0.2, 0.25) is 0 Å². The molecule has 0 spiro atoms. The summed E-state index contributed by atoms with van der Waals surface area (Å²) >= 11 is 0. The number of para-hydroxylation sites is 1. The van der Waals surface area contributed by atoms with E-state index < -0.39 is 0 Å². The maximum atomic E-state index is 5.30. The number of pyridine rings is 1. The molecule has 3 heterocycles. The lowest BCUT2D eigenvalue weighted by Crippen LogP contribution is -2.34. The molecule has 0 radical (unpaired) electrons. The third-order valence-corrected chi connectivity index (χ3v) is 6.67. The Kier molecular flexibility index (Phi) is 5.47. The smallest absolute Gasteiger partial charge is 0.118 e. The highest BCUT2D eigenvalue weighted by atomic mass is 16.5. The van der Waals surface area contributed by atoms with Crippen molar-refractivity contribution in [1.29, 1.82) is 0 Å². The van der Waals surface area contributed by atoms with Gasteiger partial charge in [0.1, 0.15) is 5.75 Å². The van der Waals surface area contributed by atoms with E-state index >= 15 is 0 Å². The minimum atomic E-state index is 0.448. The molecule has 1 aliphatic rings. The highest BCUT2D eigenvalue weighted by Crippen LogP contribution is 2.36. The van der Waals surface area contributed by atoms with Gasteiger partial charge in [0.05, 0.1) is 7.11 Å². The molecule has 5 rings (SSSR count). The summed E-state index contributed by atoms with van der Waals surface area (Å²) in [4.78, 5) is 4.58. The van der Waals surface area contributed by atoms with Gasteiger partial charge in [0.25, 0.3) is 0 Å². The van der Waals surface area contributed by atoms with E-state index in [0.717, 1.165) is 35.5 Å². The average molecular weight is 412 g/mol. The van der Waals surface area contributed by atoms with Gasteiger partial charge < -0.3 is 14.6 Å². The van der Waals surface area contributed by atoms with Gasteiger partial charge in [-0.2, -0.15) is 0 Å². The average Bonchev–Trinajstić information content (AvgIpc) is 3.24. The number of rotatable bonds is 5. The maximum Gasteiger partial charge on any atom is 0.118 e. The van der Waals surface area contributed by atoms with Crippen molar-refractivity contribution in [2.24, 2.45) is 5.92 Å². The van der Waals surface area contributed by atoms with E-state index in [0.29, 0.717) is 12.0 Å². The number of hydrogen-bond donors (Lipinski definition) is 1. The molecule has 4 heteroatoms. The van der Waals surface area contributed by atoms with Gasteiger partial charge in [0, 0.05) is 52.2 Å². The van der Waals surface area contributed by atoms with Gasteiger partial charge in [-0.25, -0.2) is 0 Å². The SMILES string of the molecule is COc1ccc(-c2cncc(-c3cn(C(C)C4CCCNC4)c4ccccc34)c2)cc1. The molecular weight excluding hydrogens is 382 g/mol. The van der Waals surface area contributed by atoms with Gasteiger partial charge in [-0.15, -0.1) is 0 Å². The molecule has 1 fully saturated rings. The summed E-state index contributed by atoms with van der Waals surface area (Å²) in [6.45, 7) is 4.60. The zero-order valence-electron chi connectivity index (χ0n) is 18.2. The Morgan fingerprint density at radius 2 is 1.84 bits per heavy atom. The first kappa shape index (κ1) is 19.8. The van der Waals surface area contributed by atoms with E-state index in [1.807, 2.05) is 24.5 Å². The fourth-order valence-electron chi connectivity index (χ4n) is 4.82. The minimum absolute atomic E-state index is 0.448. The monoisotopic (exact) mass is 411 g/mol. The Hall–Kier alpha value is -3.11. The second-order valence-electron chi connectivity index (χ2n) is 8.51. The lowest BCUT2D eigenvalue weighted by Gasteiger charge is -2.30. The molecule has 158 valence electrons. The molecule has 1 N–H and O–H groups in total. The number of ether oxygens (including phenoxy) is 1. The summed E-state index contributed by atoms with van der Waals surface area (Å²) in [5, 5.41) is 4.86. The molecule has 2 aromatic carbocycles. The van der Waals surface area contributed by atoms with Crippen LogP contribution in [0.1, 0.15) is 25.8 Å². The van der Waals surface area contributed by atoms with Crippen LogP contribution in [0.4, 0.5) is 0 Å². The number of fused-ring (bicyclic) bond motifs is 1.